The normalized spacial score (nSPS) is 12.8. The third-order valence-electron chi connectivity index (χ3n) is 9.11. The molecule has 4 rings (SSSR count). The van der Waals surface area contributed by atoms with Crippen molar-refractivity contribution in [3.8, 4) is 0 Å². The Bertz CT molecular complexity index is 2180. The van der Waals surface area contributed by atoms with Crippen LogP contribution < -0.4 is 31.9 Å². The van der Waals surface area contributed by atoms with Crippen molar-refractivity contribution in [3.05, 3.63) is 47.5 Å². The van der Waals surface area contributed by atoms with E-state index in [4.69, 9.17) is 19.7 Å². The van der Waals surface area contributed by atoms with Crippen LogP contribution in [0.25, 0.3) is 12.2 Å². The smallest absolute Gasteiger partial charge is 0.295 e. The number of aromatic nitrogens is 6. The maximum atomic E-state index is 12.7. The van der Waals surface area contributed by atoms with Gasteiger partial charge in [0.25, 0.3) is 20.2 Å². The molecule has 0 fully saturated rings. The van der Waals surface area contributed by atoms with Crippen LogP contribution in [0.4, 0.5) is 47.1 Å². The second-order valence-corrected chi connectivity index (χ2v) is 16.6. The van der Waals surface area contributed by atoms with Gasteiger partial charge >= 0.3 is 0 Å². The highest BCUT2D eigenvalue weighted by atomic mass is 32.2. The molecule has 0 aliphatic carbocycles. The summed E-state index contributed by atoms with van der Waals surface area (Å²) in [5.41, 5.74) is 0.179. The summed E-state index contributed by atoms with van der Waals surface area (Å²) in [6, 6.07) is 7.85. The van der Waals surface area contributed by atoms with Gasteiger partial charge in [-0.15, -0.1) is 0 Å². The number of benzene rings is 2. The van der Waals surface area contributed by atoms with Crippen molar-refractivity contribution in [1.82, 2.24) is 29.9 Å². The molecule has 0 aliphatic rings. The lowest BCUT2D eigenvalue weighted by Crippen LogP contribution is -2.20. The van der Waals surface area contributed by atoms with Gasteiger partial charge in [-0.25, -0.2) is 0 Å². The number of hydrogen-bond donors (Lipinski definition) is 12. The summed E-state index contributed by atoms with van der Waals surface area (Å²) in [6.45, 7) is 5.41. The van der Waals surface area contributed by atoms with Gasteiger partial charge in [-0.2, -0.15) is 46.7 Å². The second-order valence-electron chi connectivity index (χ2n) is 13.9. The highest BCUT2D eigenvalue weighted by molar-refractivity contribution is 7.86. The van der Waals surface area contributed by atoms with Gasteiger partial charge in [0.15, 0.2) is 0 Å². The number of ether oxygens (including phenoxy) is 2. The Morgan fingerprint density at radius 3 is 1.23 bits per heavy atom. The monoisotopic (exact) mass is 936 g/mol. The summed E-state index contributed by atoms with van der Waals surface area (Å²) in [4.78, 5) is 24.9. The van der Waals surface area contributed by atoms with Gasteiger partial charge in [0.1, 0.15) is 9.79 Å². The lowest BCUT2D eigenvalue weighted by Gasteiger charge is -2.15. The van der Waals surface area contributed by atoms with Crippen LogP contribution >= 0.6 is 0 Å². The number of aliphatic hydroxyl groups is 4. The van der Waals surface area contributed by atoms with E-state index < -0.39 is 30.0 Å². The van der Waals surface area contributed by atoms with E-state index in [1.54, 1.807) is 0 Å². The zero-order chi connectivity index (χ0) is 46.5. The first kappa shape index (κ1) is 51.2. The Morgan fingerprint density at radius 2 is 0.906 bits per heavy atom. The number of nitrogens with zero attached hydrogens (tertiary/aromatic N) is 6. The van der Waals surface area contributed by atoms with Gasteiger partial charge in [0, 0.05) is 50.8 Å². The fourth-order valence-corrected chi connectivity index (χ4v) is 6.93. The number of anilines is 8. The fourth-order valence-electron chi connectivity index (χ4n) is 5.51. The molecule has 0 bridgehead atoms. The molecule has 0 radical (unpaired) electrons. The molecule has 0 spiro atoms. The van der Waals surface area contributed by atoms with Crippen molar-refractivity contribution in [3.63, 3.8) is 0 Å². The quantitative estimate of drug-likeness (QED) is 0.0202. The Labute approximate surface area is 370 Å². The number of rotatable bonds is 30. The van der Waals surface area contributed by atoms with E-state index in [9.17, 15) is 36.2 Å². The van der Waals surface area contributed by atoms with Crippen molar-refractivity contribution >= 4 is 79.5 Å². The van der Waals surface area contributed by atoms with Gasteiger partial charge in [-0.1, -0.05) is 38.1 Å². The van der Waals surface area contributed by atoms with E-state index in [-0.39, 0.29) is 136 Å². The summed E-state index contributed by atoms with van der Waals surface area (Å²) < 4.78 is 81.7. The lowest BCUT2D eigenvalue weighted by atomic mass is 10.1. The molecule has 2 atom stereocenters. The maximum Gasteiger partial charge on any atom is 0.295 e. The largest absolute Gasteiger partial charge is 0.396 e. The van der Waals surface area contributed by atoms with Crippen molar-refractivity contribution in [2.24, 2.45) is 11.8 Å². The van der Waals surface area contributed by atoms with Crippen LogP contribution in [0, 0.1) is 11.8 Å². The molecule has 26 heteroatoms. The van der Waals surface area contributed by atoms with Crippen LogP contribution in [-0.2, 0) is 29.7 Å². The van der Waals surface area contributed by atoms with Crippen molar-refractivity contribution in [2.45, 2.75) is 36.5 Å². The number of hydrogen-bond acceptors (Lipinski definition) is 22. The molecule has 0 amide bonds. The molecule has 0 aliphatic heterocycles. The average molecular weight is 937 g/mol. The summed E-state index contributed by atoms with van der Waals surface area (Å²) in [5.74, 6) is 0.336. The van der Waals surface area contributed by atoms with E-state index in [1.807, 2.05) is 13.8 Å². The number of nitrogens with one attached hydrogen (secondary N) is 6. The molecular formula is C38H56N12O12S2. The van der Waals surface area contributed by atoms with E-state index in [2.05, 4.69) is 61.8 Å². The van der Waals surface area contributed by atoms with Crippen molar-refractivity contribution in [2.75, 3.05) is 111 Å². The van der Waals surface area contributed by atoms with Crippen LogP contribution in [-0.4, -0.2) is 155 Å². The first-order valence-corrected chi connectivity index (χ1v) is 23.1. The predicted molar refractivity (Wildman–Crippen MR) is 239 cm³/mol. The summed E-state index contributed by atoms with van der Waals surface area (Å²) >= 11 is 0. The molecule has 0 saturated heterocycles. The van der Waals surface area contributed by atoms with Crippen LogP contribution in [0.15, 0.2) is 46.2 Å². The predicted octanol–water partition coefficient (Wildman–Crippen LogP) is 1.91. The SMILES string of the molecule is CCC(CO)CNc1nc(NCCOCCO)nc(Nc2ccc(C=Cc3ccc(Nc4nc(NCCOCCO)nc(NCC(CC)CO)n4)cc3S(=O)(=O)O)c(S(=O)(=O)O)c2)n1. The van der Waals surface area contributed by atoms with E-state index in [0.29, 0.717) is 25.9 Å². The molecule has 24 nitrogen and oxygen atoms in total. The Balaban J connectivity index is 1.61. The molecule has 0 saturated carbocycles. The van der Waals surface area contributed by atoms with Crippen LogP contribution in [0.2, 0.25) is 0 Å². The third kappa shape index (κ3) is 16.9. The Morgan fingerprint density at radius 1 is 0.547 bits per heavy atom. The van der Waals surface area contributed by atoms with Crippen molar-refractivity contribution in [1.29, 1.82) is 0 Å². The zero-order valence-corrected chi connectivity index (χ0v) is 36.9. The minimum Gasteiger partial charge on any atom is -0.396 e. The molecule has 12 N–H and O–H groups in total. The van der Waals surface area contributed by atoms with Crippen LogP contribution in [0.5, 0.6) is 0 Å². The maximum absolute atomic E-state index is 12.7. The van der Waals surface area contributed by atoms with Crippen molar-refractivity contribution < 1.29 is 55.8 Å². The van der Waals surface area contributed by atoms with E-state index in [1.165, 1.54) is 36.4 Å². The van der Waals surface area contributed by atoms with Gasteiger partial charge < -0.3 is 61.8 Å². The molecule has 64 heavy (non-hydrogen) atoms. The summed E-state index contributed by atoms with van der Waals surface area (Å²) in [5, 5.41) is 55.0. The molecule has 2 aromatic carbocycles. The molecule has 2 heterocycles. The van der Waals surface area contributed by atoms with E-state index >= 15 is 0 Å². The highest BCUT2D eigenvalue weighted by Gasteiger charge is 2.19. The summed E-state index contributed by atoms with van der Waals surface area (Å²) in [7, 11) is -9.77. The van der Waals surface area contributed by atoms with Gasteiger partial charge in [-0.05, 0) is 60.1 Å². The molecule has 4 aromatic rings. The van der Waals surface area contributed by atoms with Gasteiger partial charge in [0.05, 0.1) is 39.6 Å². The molecule has 2 aromatic heterocycles. The first-order valence-electron chi connectivity index (χ1n) is 20.2. The average Bonchev–Trinajstić information content (AvgIpc) is 3.26. The van der Waals surface area contributed by atoms with Gasteiger partial charge in [0.2, 0.25) is 35.7 Å². The zero-order valence-electron chi connectivity index (χ0n) is 35.3. The number of aliphatic hydroxyl groups excluding tert-OH is 4. The molecule has 2 unspecified atom stereocenters. The Hall–Kier alpha value is -5.42. The highest BCUT2D eigenvalue weighted by Crippen LogP contribution is 2.28. The third-order valence-corrected chi connectivity index (χ3v) is 10.9. The minimum atomic E-state index is -4.88. The lowest BCUT2D eigenvalue weighted by molar-refractivity contribution is 0.0991. The molecule has 352 valence electrons. The first-order chi connectivity index (χ1) is 30.7. The van der Waals surface area contributed by atoms with Crippen LogP contribution in [0.3, 0.4) is 0 Å². The van der Waals surface area contributed by atoms with E-state index in [0.717, 1.165) is 12.1 Å². The second kappa shape index (κ2) is 25.8. The topological polar surface area (TPSA) is 358 Å². The van der Waals surface area contributed by atoms with Crippen LogP contribution in [0.1, 0.15) is 37.8 Å². The molecular weight excluding hydrogens is 881 g/mol. The summed E-state index contributed by atoms with van der Waals surface area (Å²) in [6.07, 6.45) is 3.85. The minimum absolute atomic E-state index is 0.0165. The standard InChI is InChI=1S/C38H56N12O12S2/c1-3-25(23-53)21-41-35-45-33(39-11-15-61-17-13-51)47-37(49-35)43-29-9-7-27(31(19-29)63(55,56)57)5-6-28-8-10-30(20-32(28)64(58,59)60)44-38-48-34(40-12-16-62-18-14-52)46-36(50-38)42-22-26(4-2)24-54/h5-10,19-20,25-26,51-54H,3-4,11-18,21-24H2,1-2H3,(H,55,56,57)(H,58,59,60)(H3,39,41,43,45,47,49)(H3,40,42,44,46,48,50). The Kier molecular flexibility index (Phi) is 20.6. The fraction of sp³-hybridized carbons (Fsp3) is 0.474. The van der Waals surface area contributed by atoms with Gasteiger partial charge in [-0.3, -0.25) is 9.11 Å².